The van der Waals surface area contributed by atoms with Crippen LogP contribution in [0.2, 0.25) is 0 Å². The van der Waals surface area contributed by atoms with E-state index in [1.54, 1.807) is 6.20 Å². The van der Waals surface area contributed by atoms with E-state index in [4.69, 9.17) is 16.3 Å². The van der Waals surface area contributed by atoms with E-state index in [1.165, 1.54) is 22.2 Å². The van der Waals surface area contributed by atoms with Gasteiger partial charge in [0.1, 0.15) is 22.5 Å². The maximum atomic E-state index is 6.76. The van der Waals surface area contributed by atoms with Gasteiger partial charge in [-0.1, -0.05) is 86.7 Å². The van der Waals surface area contributed by atoms with Crippen molar-refractivity contribution in [1.29, 1.82) is 0 Å². The molecule has 7 heteroatoms. The summed E-state index contributed by atoms with van der Waals surface area (Å²) in [5.41, 5.74) is 8.46. The van der Waals surface area contributed by atoms with E-state index in [-0.39, 0.29) is 0 Å². The molecule has 0 bridgehead atoms. The molecule has 1 aliphatic rings. The summed E-state index contributed by atoms with van der Waals surface area (Å²) >= 11 is -2.96. The Morgan fingerprint density at radius 2 is 1.45 bits per heavy atom. The lowest BCUT2D eigenvalue weighted by atomic mass is 9.98. The van der Waals surface area contributed by atoms with Crippen molar-refractivity contribution >= 4 is 53.4 Å². The van der Waals surface area contributed by atoms with Gasteiger partial charge in [-0.3, -0.25) is 4.98 Å². The third-order valence-corrected chi connectivity index (χ3v) is 9.93. The second kappa shape index (κ2) is 14.4. The average Bonchev–Trinajstić information content (AvgIpc) is 3.45. The first kappa shape index (κ1) is 32.2. The molecule has 0 fully saturated rings. The number of pyridine rings is 2. The first-order chi connectivity index (χ1) is 24.1. The number of allylic oxidation sites excluding steroid dienone is 4. The lowest BCUT2D eigenvalue weighted by Crippen LogP contribution is -2.37. The Labute approximate surface area is 292 Å². The fraction of sp³-hybridized carbons (Fsp3) is 0.143. The summed E-state index contributed by atoms with van der Waals surface area (Å²) in [6.45, 7) is 8.17. The normalized spacial score (nSPS) is 14.1. The van der Waals surface area contributed by atoms with E-state index in [1.807, 2.05) is 81.4 Å². The zero-order chi connectivity index (χ0) is 33.7. The summed E-state index contributed by atoms with van der Waals surface area (Å²) in [6.07, 6.45) is 10.3. The highest BCUT2D eigenvalue weighted by atomic mass is 27.3. The van der Waals surface area contributed by atoms with Crippen LogP contribution in [-0.4, -0.2) is 29.7 Å². The van der Waals surface area contributed by atoms with Crippen molar-refractivity contribution in [3.63, 3.8) is 0 Å². The van der Waals surface area contributed by atoms with Gasteiger partial charge < -0.3 is 15.9 Å². The molecular weight excluding hydrogens is 621 g/mol. The minimum absolute atomic E-state index is 0.620. The molecule has 3 aromatic heterocycles. The van der Waals surface area contributed by atoms with Gasteiger partial charge in [0.05, 0.1) is 11.3 Å². The Bertz CT molecular complexity index is 2320. The fourth-order valence-electron chi connectivity index (χ4n) is 6.43. The van der Waals surface area contributed by atoms with Crippen molar-refractivity contribution in [3.05, 3.63) is 151 Å². The third kappa shape index (κ3) is 6.56. The number of benzene rings is 4. The minimum Gasteiger partial charge on any atom is -0.577 e. The van der Waals surface area contributed by atoms with Gasteiger partial charge in [0.15, 0.2) is 0 Å². The Kier molecular flexibility index (Phi) is 9.48. The van der Waals surface area contributed by atoms with Crippen LogP contribution in [0.25, 0.3) is 44.0 Å². The minimum atomic E-state index is -2.96. The second-order valence-electron chi connectivity index (χ2n) is 11.7. The molecule has 0 unspecified atom stereocenters. The summed E-state index contributed by atoms with van der Waals surface area (Å²) in [4.78, 5) is 9.41. The van der Waals surface area contributed by atoms with Crippen molar-refractivity contribution in [3.8, 4) is 22.9 Å². The maximum absolute atomic E-state index is 6.76. The molecule has 1 aliphatic carbocycles. The predicted octanol–water partition coefficient (Wildman–Crippen LogP) is 10.5. The summed E-state index contributed by atoms with van der Waals surface area (Å²) in [5.74, 6) is 1.92. The van der Waals surface area contributed by atoms with E-state index >= 15 is 0 Å². The number of para-hydroxylation sites is 3. The van der Waals surface area contributed by atoms with Crippen LogP contribution in [0.5, 0.6) is 17.2 Å². The molecule has 0 aliphatic heterocycles. The van der Waals surface area contributed by atoms with Crippen LogP contribution < -0.4 is 11.4 Å². The van der Waals surface area contributed by atoms with Gasteiger partial charge in [0.2, 0.25) is 0 Å². The number of rotatable bonds is 7. The van der Waals surface area contributed by atoms with Crippen LogP contribution >= 0.6 is 0 Å². The fourth-order valence-corrected chi connectivity index (χ4v) is 7.74. The summed E-state index contributed by atoms with van der Waals surface area (Å²) < 4.78 is 22.5. The number of nitrogens with zero attached hydrogens (tertiary/aromatic N) is 3. The second-order valence-corrected chi connectivity index (χ2v) is 13.0. The topological polar surface area (TPSA) is 58.4 Å². The van der Waals surface area contributed by atoms with Crippen LogP contribution in [0.3, 0.4) is 0 Å². The lowest BCUT2D eigenvalue weighted by molar-refractivity contribution is 0.310. The van der Waals surface area contributed by atoms with Crippen LogP contribution in [-0.2, 0) is 6.42 Å². The lowest BCUT2D eigenvalue weighted by Gasteiger charge is -2.18. The molecule has 49 heavy (non-hydrogen) atoms. The van der Waals surface area contributed by atoms with Gasteiger partial charge >= 0.3 is 15.1 Å². The summed E-state index contributed by atoms with van der Waals surface area (Å²) in [5, 5.41) is 3.16. The molecule has 0 radical (unpaired) electrons. The first-order valence-electron chi connectivity index (χ1n) is 16.9. The van der Waals surface area contributed by atoms with E-state index in [0.29, 0.717) is 17.2 Å². The van der Waals surface area contributed by atoms with Gasteiger partial charge in [0.25, 0.3) is 0 Å². The van der Waals surface area contributed by atoms with Crippen molar-refractivity contribution in [2.75, 3.05) is 0 Å². The van der Waals surface area contributed by atoms with Crippen LogP contribution in [0, 0.1) is 6.92 Å². The molecule has 0 atom stereocenters. The number of aryl methyl sites for hydroxylation is 1. The zero-order valence-corrected chi connectivity index (χ0v) is 29.4. The van der Waals surface area contributed by atoms with E-state index < -0.39 is 15.1 Å². The van der Waals surface area contributed by atoms with Crippen molar-refractivity contribution < 1.29 is 11.4 Å². The number of hydrogen-bond donors (Lipinski definition) is 0. The molecule has 8 rings (SSSR count). The highest BCUT2D eigenvalue weighted by Crippen LogP contribution is 2.38. The Balaban J connectivity index is 0.00000186. The van der Waals surface area contributed by atoms with Crippen LogP contribution in [0.15, 0.2) is 134 Å². The average molecular weight is 660 g/mol. The SMILES string of the molecule is C/C1=C/C=C\CCc2c1c1ccc([O][Al]([O]c3cccc4cccnc34)[O]c3cccc4ccc(C)nc34)cc1n2-c1ccccc1.CC. The van der Waals surface area contributed by atoms with Crippen molar-refractivity contribution in [2.24, 2.45) is 0 Å². The Morgan fingerprint density at radius 3 is 2.24 bits per heavy atom. The molecule has 4 aromatic carbocycles. The van der Waals surface area contributed by atoms with E-state index in [9.17, 15) is 0 Å². The third-order valence-electron chi connectivity index (χ3n) is 8.57. The molecule has 0 amide bonds. The quantitative estimate of drug-likeness (QED) is 0.159. The number of aromatic nitrogens is 3. The van der Waals surface area contributed by atoms with Crippen molar-refractivity contribution in [1.82, 2.24) is 14.5 Å². The number of fused-ring (bicyclic) bond motifs is 5. The van der Waals surface area contributed by atoms with E-state index in [2.05, 4.69) is 83.2 Å². The maximum Gasteiger partial charge on any atom is 1.20 e. The van der Waals surface area contributed by atoms with E-state index in [0.717, 1.165) is 51.5 Å². The highest BCUT2D eigenvalue weighted by Gasteiger charge is 2.45. The molecular formula is C42H38AlN3O3. The Morgan fingerprint density at radius 1 is 0.714 bits per heavy atom. The van der Waals surface area contributed by atoms with Gasteiger partial charge in [-0.25, -0.2) is 4.98 Å². The summed E-state index contributed by atoms with van der Waals surface area (Å²) in [7, 11) is 0. The Hall–Kier alpha value is -5.35. The van der Waals surface area contributed by atoms with Gasteiger partial charge in [0, 0.05) is 51.1 Å². The van der Waals surface area contributed by atoms with Gasteiger partial charge in [-0.05, 0) is 80.8 Å². The molecule has 242 valence electrons. The van der Waals surface area contributed by atoms with Gasteiger partial charge in [-0.15, -0.1) is 0 Å². The molecule has 0 saturated carbocycles. The monoisotopic (exact) mass is 659 g/mol. The molecule has 6 nitrogen and oxygen atoms in total. The molecule has 0 saturated heterocycles. The predicted molar refractivity (Wildman–Crippen MR) is 202 cm³/mol. The molecule has 0 N–H and O–H groups in total. The summed E-state index contributed by atoms with van der Waals surface area (Å²) in [6, 6.07) is 36.7. The first-order valence-corrected chi connectivity index (χ1v) is 18.3. The highest BCUT2D eigenvalue weighted by molar-refractivity contribution is 6.40. The largest absolute Gasteiger partial charge is 1.20 e. The molecule has 7 aromatic rings. The smallest absolute Gasteiger partial charge is 0.577 e. The van der Waals surface area contributed by atoms with Gasteiger partial charge in [-0.2, -0.15) is 0 Å². The molecule has 3 heterocycles. The molecule has 0 spiro atoms. The zero-order valence-electron chi connectivity index (χ0n) is 28.3. The van der Waals surface area contributed by atoms with Crippen molar-refractivity contribution in [2.45, 2.75) is 40.5 Å². The number of hydrogen-bond acceptors (Lipinski definition) is 5. The standard InChI is InChI=1S/C21H19NO.C10H9NO.C9H7NO.C2H6.Al/c1-15-8-4-2-7-11-19-21(15)18-13-12-17(23)14-20(18)22(19)16-9-5-3-6-10-16;1-7-5-6-8-3-2-4-9(12)10(8)11-7;11-8-5-1-3-7-4-2-6-10-9(7)8;1-2;/h2-6,8-10,12-14,23H,7,11H2,1H3;2-6,12H,1H3;1-6,11H;1-2H3;/q;;;;+3/p-3/b4-2-,15-8-;;;;. The van der Waals surface area contributed by atoms with Crippen LogP contribution in [0.1, 0.15) is 44.1 Å². The van der Waals surface area contributed by atoms with Crippen LogP contribution in [0.4, 0.5) is 0 Å².